The minimum atomic E-state index is -4.56. The fourth-order valence-electron chi connectivity index (χ4n) is 4.67. The van der Waals surface area contributed by atoms with Crippen LogP contribution in [0.4, 0.5) is 0 Å². The highest BCUT2D eigenvalue weighted by molar-refractivity contribution is 7.86. The third-order valence-electron chi connectivity index (χ3n) is 6.75. The van der Waals surface area contributed by atoms with Crippen molar-refractivity contribution in [3.63, 3.8) is 0 Å². The molecular weight excluding hydrogens is 640 g/mol. The minimum Gasteiger partial charge on any atom is -0.289 e. The maximum Gasteiger partial charge on any atom is 0.294 e. The molecule has 13 nitrogen and oxygen atoms in total. The molecule has 0 radical (unpaired) electrons. The first-order chi connectivity index (χ1) is 20.4. The average Bonchev–Trinajstić information content (AvgIpc) is 2.97. The van der Waals surface area contributed by atoms with Gasteiger partial charge in [0.25, 0.3) is 30.4 Å². The predicted octanol–water partition coefficient (Wildman–Crippen LogP) is 2.66. The van der Waals surface area contributed by atoms with E-state index in [2.05, 4.69) is 0 Å². The molecule has 0 heterocycles. The van der Waals surface area contributed by atoms with Crippen LogP contribution in [-0.4, -0.2) is 62.0 Å². The van der Waals surface area contributed by atoms with E-state index in [4.69, 9.17) is 13.7 Å². The average molecular weight is 657 g/mol. The highest BCUT2D eigenvalue weighted by Crippen LogP contribution is 2.31. The van der Waals surface area contributed by atoms with Crippen LogP contribution in [0.15, 0.2) is 93.5 Å². The van der Waals surface area contributed by atoms with Crippen molar-refractivity contribution >= 4 is 53.5 Å². The van der Waals surface area contributed by atoms with Gasteiger partial charge in [0.1, 0.15) is 0 Å². The van der Waals surface area contributed by atoms with Crippen LogP contribution in [0, 0.1) is 0 Å². The standard InChI is InChI=1S/C14H8O8S2.C14H8O5S/c15-13-9-3-1-7(23(17,18)19)5-11(9)14(16)10-4-2-8(6-12(10)13)24(20,21)22;15-13-9-3-1-2-4-10(9)14(16)12-7-8(20(17,18)19)5-6-11(12)13/h1-6H,(H,17,18,19)(H,20,21,22);1-7H,(H,17,18,19). The van der Waals surface area contributed by atoms with Gasteiger partial charge in [0.05, 0.1) is 14.7 Å². The Morgan fingerprint density at radius 3 is 0.818 bits per heavy atom. The van der Waals surface area contributed by atoms with Crippen LogP contribution in [0.2, 0.25) is 0 Å². The maximum absolute atomic E-state index is 12.5. The Hall–Kier alpha value is -4.71. The molecule has 0 unspecified atom stereocenters. The highest BCUT2D eigenvalue weighted by Gasteiger charge is 2.33. The molecule has 6 rings (SSSR count). The number of rotatable bonds is 3. The summed E-state index contributed by atoms with van der Waals surface area (Å²) in [6, 6.07) is 15.5. The number of carbonyl (C=O) groups is 4. The van der Waals surface area contributed by atoms with Crippen LogP contribution < -0.4 is 0 Å². The Morgan fingerprint density at radius 2 is 0.568 bits per heavy atom. The summed E-state index contributed by atoms with van der Waals surface area (Å²) in [6.45, 7) is 0. The zero-order valence-corrected chi connectivity index (χ0v) is 24.1. The van der Waals surface area contributed by atoms with E-state index in [1.54, 1.807) is 18.2 Å². The smallest absolute Gasteiger partial charge is 0.289 e. The second kappa shape index (κ2) is 10.5. The Morgan fingerprint density at radius 1 is 0.341 bits per heavy atom. The molecule has 0 atom stereocenters. The van der Waals surface area contributed by atoms with Gasteiger partial charge in [-0.05, 0) is 54.6 Å². The van der Waals surface area contributed by atoms with Crippen molar-refractivity contribution in [2.45, 2.75) is 14.7 Å². The number of carbonyl (C=O) groups excluding carboxylic acids is 4. The van der Waals surface area contributed by atoms with Crippen molar-refractivity contribution < 1.29 is 58.1 Å². The number of hydrogen-bond acceptors (Lipinski definition) is 10. The van der Waals surface area contributed by atoms with E-state index < -0.39 is 62.4 Å². The molecule has 2 aliphatic rings. The fourth-order valence-corrected chi connectivity index (χ4v) is 6.19. The second-order valence-corrected chi connectivity index (χ2v) is 13.7. The first-order valence-corrected chi connectivity index (χ1v) is 16.3. The molecule has 44 heavy (non-hydrogen) atoms. The van der Waals surface area contributed by atoms with E-state index in [0.717, 1.165) is 48.5 Å². The van der Waals surface area contributed by atoms with E-state index in [-0.39, 0.29) is 44.7 Å². The van der Waals surface area contributed by atoms with Gasteiger partial charge in [-0.3, -0.25) is 32.8 Å². The zero-order chi connectivity index (χ0) is 32.4. The zero-order valence-electron chi connectivity index (χ0n) is 21.7. The number of fused-ring (bicyclic) bond motifs is 4. The van der Waals surface area contributed by atoms with Gasteiger partial charge in [0.15, 0.2) is 23.1 Å². The van der Waals surface area contributed by atoms with Gasteiger partial charge >= 0.3 is 0 Å². The van der Waals surface area contributed by atoms with Crippen LogP contribution in [0.5, 0.6) is 0 Å². The lowest BCUT2D eigenvalue weighted by Crippen LogP contribution is -2.22. The molecule has 0 spiro atoms. The third-order valence-corrected chi connectivity index (χ3v) is 9.30. The molecule has 224 valence electrons. The Bertz CT molecular complexity index is 2230. The van der Waals surface area contributed by atoms with Crippen LogP contribution in [0.25, 0.3) is 0 Å². The van der Waals surface area contributed by atoms with Crippen molar-refractivity contribution in [1.29, 1.82) is 0 Å². The van der Waals surface area contributed by atoms with Gasteiger partial charge in [-0.15, -0.1) is 0 Å². The molecule has 4 aromatic rings. The van der Waals surface area contributed by atoms with Crippen molar-refractivity contribution in [2.24, 2.45) is 0 Å². The Labute approximate surface area is 249 Å². The third kappa shape index (κ3) is 5.41. The van der Waals surface area contributed by atoms with Gasteiger partial charge in [0, 0.05) is 44.5 Å². The summed E-state index contributed by atoms with van der Waals surface area (Å²) >= 11 is 0. The van der Waals surface area contributed by atoms with Crippen LogP contribution in [-0.2, 0) is 30.4 Å². The largest absolute Gasteiger partial charge is 0.294 e. The lowest BCUT2D eigenvalue weighted by molar-refractivity contribution is 0.0978. The molecule has 0 saturated carbocycles. The summed E-state index contributed by atoms with van der Waals surface area (Å²) in [5.74, 6) is -2.17. The number of benzene rings is 4. The Kier molecular flexibility index (Phi) is 7.32. The van der Waals surface area contributed by atoms with E-state index in [9.17, 15) is 44.4 Å². The summed E-state index contributed by atoms with van der Waals surface area (Å²) in [4.78, 5) is 48.0. The van der Waals surface area contributed by atoms with E-state index >= 15 is 0 Å². The first-order valence-electron chi connectivity index (χ1n) is 12.0. The SMILES string of the molecule is O=C1c2ccc(S(=O)(=O)O)cc2C(=O)c2ccc(S(=O)(=O)O)cc21.O=C1c2ccccc2C(=O)c2cc(S(=O)(=O)O)ccc21. The molecular formula is C28H16O13S3. The molecule has 2 aliphatic carbocycles. The molecule has 0 fully saturated rings. The molecule has 0 amide bonds. The van der Waals surface area contributed by atoms with Crippen molar-refractivity contribution in [1.82, 2.24) is 0 Å². The highest BCUT2D eigenvalue weighted by atomic mass is 32.2. The van der Waals surface area contributed by atoms with Gasteiger partial charge < -0.3 is 0 Å². The summed E-state index contributed by atoms with van der Waals surface area (Å²) in [7, 11) is -13.5. The van der Waals surface area contributed by atoms with Gasteiger partial charge in [-0.2, -0.15) is 25.3 Å². The topological polar surface area (TPSA) is 231 Å². The summed E-state index contributed by atoms with van der Waals surface area (Å²) in [5.41, 5.74) is -0.0451. The molecule has 16 heteroatoms. The fraction of sp³-hybridized carbons (Fsp3) is 0. The maximum atomic E-state index is 12.5. The lowest BCUT2D eigenvalue weighted by Gasteiger charge is -2.18. The quantitative estimate of drug-likeness (QED) is 0.233. The van der Waals surface area contributed by atoms with E-state index in [1.165, 1.54) is 12.1 Å². The molecule has 3 N–H and O–H groups in total. The van der Waals surface area contributed by atoms with Gasteiger partial charge in [0.2, 0.25) is 0 Å². The molecule has 0 bridgehead atoms. The van der Waals surface area contributed by atoms with Crippen molar-refractivity contribution in [3.05, 3.63) is 123 Å². The monoisotopic (exact) mass is 656 g/mol. The molecule has 0 aliphatic heterocycles. The van der Waals surface area contributed by atoms with Crippen LogP contribution >= 0.6 is 0 Å². The lowest BCUT2D eigenvalue weighted by atomic mass is 9.84. The van der Waals surface area contributed by atoms with Gasteiger partial charge in [-0.1, -0.05) is 24.3 Å². The van der Waals surface area contributed by atoms with E-state index in [1.807, 2.05) is 0 Å². The van der Waals surface area contributed by atoms with Crippen LogP contribution in [0.3, 0.4) is 0 Å². The first kappa shape index (κ1) is 30.7. The van der Waals surface area contributed by atoms with Gasteiger partial charge in [-0.25, -0.2) is 0 Å². The van der Waals surface area contributed by atoms with Crippen molar-refractivity contribution in [2.75, 3.05) is 0 Å². The van der Waals surface area contributed by atoms with Crippen LogP contribution in [0.1, 0.15) is 63.7 Å². The summed E-state index contributed by atoms with van der Waals surface area (Å²) < 4.78 is 94.0. The molecule has 0 aromatic heterocycles. The Balaban J connectivity index is 0.000000177. The number of hydrogen-bond donors (Lipinski definition) is 3. The predicted molar refractivity (Wildman–Crippen MR) is 149 cm³/mol. The second-order valence-electron chi connectivity index (χ2n) is 9.41. The molecule has 0 saturated heterocycles. The normalized spacial score (nSPS) is 14.1. The summed E-state index contributed by atoms with van der Waals surface area (Å²) in [6.07, 6.45) is 0. The minimum absolute atomic E-state index is 0.0103. The molecule has 4 aromatic carbocycles. The van der Waals surface area contributed by atoms with Crippen molar-refractivity contribution in [3.8, 4) is 0 Å². The number of ketones is 4. The van der Waals surface area contributed by atoms with E-state index in [0.29, 0.717) is 5.56 Å². The summed E-state index contributed by atoms with van der Waals surface area (Å²) in [5, 5.41) is 0.